The Bertz CT molecular complexity index is 1360. The summed E-state index contributed by atoms with van der Waals surface area (Å²) >= 11 is 1.40. The molecule has 0 bridgehead atoms. The van der Waals surface area contributed by atoms with E-state index in [2.05, 4.69) is 20.7 Å². The molecule has 0 saturated carbocycles. The van der Waals surface area contributed by atoms with Crippen LogP contribution in [-0.4, -0.2) is 44.2 Å². The number of nitrogens with zero attached hydrogens (tertiary/aromatic N) is 5. The highest BCUT2D eigenvalue weighted by Crippen LogP contribution is 2.37. The highest BCUT2D eigenvalue weighted by Gasteiger charge is 2.36. The number of hydrogen-bond donors (Lipinski definition) is 1. The van der Waals surface area contributed by atoms with E-state index in [0.717, 1.165) is 0 Å². The number of rotatable bonds is 9. The zero-order valence-electron chi connectivity index (χ0n) is 21.5. The number of hydrogen-bond acceptors (Lipinski definition) is 8. The summed E-state index contributed by atoms with van der Waals surface area (Å²) in [6, 6.07) is 13.5. The van der Waals surface area contributed by atoms with Crippen LogP contribution in [0.4, 0.5) is 5.69 Å². The van der Waals surface area contributed by atoms with Crippen LogP contribution in [0.5, 0.6) is 5.75 Å². The largest absolute Gasteiger partial charge is 0.492 e. The molecule has 0 unspecified atom stereocenters. The van der Waals surface area contributed by atoms with Crippen molar-refractivity contribution >= 4 is 28.8 Å². The van der Waals surface area contributed by atoms with Gasteiger partial charge in [-0.1, -0.05) is 18.2 Å². The summed E-state index contributed by atoms with van der Waals surface area (Å²) in [5, 5.41) is 17.3. The van der Waals surface area contributed by atoms with Gasteiger partial charge in [0.1, 0.15) is 24.1 Å². The maximum absolute atomic E-state index is 14.0. The molecule has 4 rings (SSSR count). The lowest BCUT2D eigenvalue weighted by molar-refractivity contribution is -0.128. The fourth-order valence-electron chi connectivity index (χ4n) is 3.77. The summed E-state index contributed by atoms with van der Waals surface area (Å²) in [6.45, 7) is 9.52. The third-order valence-electron chi connectivity index (χ3n) is 5.20. The fourth-order valence-corrected chi connectivity index (χ4v) is 4.58. The van der Waals surface area contributed by atoms with E-state index in [9.17, 15) is 9.59 Å². The maximum Gasteiger partial charge on any atom is 0.251 e. The Hall–Kier alpha value is -3.99. The minimum Gasteiger partial charge on any atom is -0.492 e. The third-order valence-corrected chi connectivity index (χ3v) is 6.13. The van der Waals surface area contributed by atoms with Crippen LogP contribution < -0.4 is 15.0 Å². The lowest BCUT2D eigenvalue weighted by Crippen LogP contribution is -2.50. The van der Waals surface area contributed by atoms with Crippen molar-refractivity contribution in [2.24, 2.45) is 0 Å². The van der Waals surface area contributed by atoms with Crippen LogP contribution in [0.25, 0.3) is 11.6 Å². The summed E-state index contributed by atoms with van der Waals surface area (Å²) in [5.41, 5.74) is -0.0385. The van der Waals surface area contributed by atoms with Gasteiger partial charge in [0.05, 0.1) is 12.3 Å². The number of anilines is 1. The normalized spacial score (nSPS) is 12.2. The van der Waals surface area contributed by atoms with Gasteiger partial charge in [-0.3, -0.25) is 14.5 Å². The number of benzene rings is 1. The van der Waals surface area contributed by atoms with E-state index in [1.54, 1.807) is 30.3 Å². The molecule has 2 amide bonds. The van der Waals surface area contributed by atoms with Gasteiger partial charge < -0.3 is 14.5 Å². The molecule has 3 heterocycles. The standard InChI is InChI=1S/C26H30N6O4S/c1-6-35-19-11-8-7-10-18(19)32(23(21-12-9-15-37-21)25(34)27-26(3,4)5)22(33)16-31-29-24(28-30-31)20-14-13-17(2)36-20/h7-15,23H,6,16H2,1-5H3,(H,27,34)/t23-/m0/s1. The van der Waals surface area contributed by atoms with Gasteiger partial charge in [-0.2, -0.15) is 4.80 Å². The number of aromatic nitrogens is 4. The monoisotopic (exact) mass is 522 g/mol. The second kappa shape index (κ2) is 11.0. The average molecular weight is 523 g/mol. The van der Waals surface area contributed by atoms with Crippen molar-refractivity contribution in [3.05, 3.63) is 64.5 Å². The van der Waals surface area contributed by atoms with Crippen LogP contribution >= 0.6 is 11.3 Å². The van der Waals surface area contributed by atoms with E-state index in [-0.39, 0.29) is 18.3 Å². The zero-order valence-corrected chi connectivity index (χ0v) is 22.3. The summed E-state index contributed by atoms with van der Waals surface area (Å²) in [5.74, 6) is 1.20. The van der Waals surface area contributed by atoms with Crippen molar-refractivity contribution in [2.75, 3.05) is 11.5 Å². The number of tetrazole rings is 1. The van der Waals surface area contributed by atoms with Gasteiger partial charge in [0, 0.05) is 10.4 Å². The number of thiophene rings is 1. The molecule has 10 nitrogen and oxygen atoms in total. The molecular weight excluding hydrogens is 492 g/mol. The Labute approximate surface area is 219 Å². The molecule has 0 aliphatic carbocycles. The number of carbonyl (C=O) groups excluding carboxylic acids is 2. The molecule has 4 aromatic rings. The van der Waals surface area contributed by atoms with E-state index >= 15 is 0 Å². The van der Waals surface area contributed by atoms with Gasteiger partial charge >= 0.3 is 0 Å². The first-order chi connectivity index (χ1) is 17.7. The number of para-hydroxylation sites is 2. The van der Waals surface area contributed by atoms with Gasteiger partial charge in [-0.15, -0.1) is 21.5 Å². The molecular formula is C26H30N6O4S. The lowest BCUT2D eigenvalue weighted by Gasteiger charge is -2.33. The van der Waals surface area contributed by atoms with Crippen LogP contribution in [0.1, 0.15) is 44.4 Å². The van der Waals surface area contributed by atoms with Crippen LogP contribution in [0.3, 0.4) is 0 Å². The number of ether oxygens (including phenoxy) is 1. The minimum atomic E-state index is -0.941. The first-order valence-corrected chi connectivity index (χ1v) is 12.8. The first kappa shape index (κ1) is 26.1. The maximum atomic E-state index is 14.0. The smallest absolute Gasteiger partial charge is 0.251 e. The Kier molecular flexibility index (Phi) is 7.72. The highest BCUT2D eigenvalue weighted by molar-refractivity contribution is 7.10. The van der Waals surface area contributed by atoms with E-state index in [1.165, 1.54) is 21.0 Å². The van der Waals surface area contributed by atoms with Crippen LogP contribution in [-0.2, 0) is 16.1 Å². The number of amides is 2. The van der Waals surface area contributed by atoms with E-state index in [4.69, 9.17) is 9.15 Å². The van der Waals surface area contributed by atoms with Crippen molar-refractivity contribution in [2.45, 2.75) is 52.7 Å². The molecule has 37 heavy (non-hydrogen) atoms. The highest BCUT2D eigenvalue weighted by atomic mass is 32.1. The molecule has 0 radical (unpaired) electrons. The molecule has 3 aromatic heterocycles. The molecule has 1 atom stereocenters. The molecule has 1 aromatic carbocycles. The molecule has 0 aliphatic rings. The van der Waals surface area contributed by atoms with Crippen LogP contribution in [0.15, 0.2) is 58.3 Å². The van der Waals surface area contributed by atoms with Crippen molar-refractivity contribution < 1.29 is 18.7 Å². The SMILES string of the molecule is CCOc1ccccc1N(C(=O)Cn1nnc(-c2ccc(C)o2)n1)[C@H](C(=O)NC(C)(C)C)c1cccs1. The van der Waals surface area contributed by atoms with Crippen LogP contribution in [0.2, 0.25) is 0 Å². The van der Waals surface area contributed by atoms with Crippen molar-refractivity contribution in [3.63, 3.8) is 0 Å². The second-order valence-electron chi connectivity index (χ2n) is 9.38. The van der Waals surface area contributed by atoms with Gasteiger partial charge in [0.25, 0.3) is 5.91 Å². The summed E-state index contributed by atoms with van der Waals surface area (Å²) < 4.78 is 11.4. The van der Waals surface area contributed by atoms with E-state index in [1.807, 2.05) is 58.2 Å². The zero-order chi connectivity index (χ0) is 26.6. The number of nitrogens with one attached hydrogen (secondary N) is 1. The van der Waals surface area contributed by atoms with Gasteiger partial charge in [-0.05, 0) is 75.5 Å². The van der Waals surface area contributed by atoms with Gasteiger partial charge in [0.15, 0.2) is 5.76 Å². The molecule has 194 valence electrons. The topological polar surface area (TPSA) is 115 Å². The van der Waals surface area contributed by atoms with Crippen molar-refractivity contribution in [1.29, 1.82) is 0 Å². The molecule has 0 spiro atoms. The Morgan fingerprint density at radius 3 is 2.59 bits per heavy atom. The average Bonchev–Trinajstić information content (AvgIpc) is 3.59. The minimum absolute atomic E-state index is 0.252. The van der Waals surface area contributed by atoms with Crippen molar-refractivity contribution in [1.82, 2.24) is 25.5 Å². The predicted octanol–water partition coefficient (Wildman–Crippen LogP) is 4.39. The summed E-state index contributed by atoms with van der Waals surface area (Å²) in [6.07, 6.45) is 0. The lowest BCUT2D eigenvalue weighted by atomic mass is 10.1. The first-order valence-electron chi connectivity index (χ1n) is 11.9. The molecule has 0 saturated heterocycles. The second-order valence-corrected chi connectivity index (χ2v) is 10.4. The Morgan fingerprint density at radius 2 is 1.95 bits per heavy atom. The number of carbonyl (C=O) groups is 2. The van der Waals surface area contributed by atoms with Gasteiger partial charge in [0.2, 0.25) is 11.7 Å². The predicted molar refractivity (Wildman–Crippen MR) is 140 cm³/mol. The fraction of sp³-hybridized carbons (Fsp3) is 0.346. The molecule has 0 fully saturated rings. The van der Waals surface area contributed by atoms with Gasteiger partial charge in [-0.25, -0.2) is 0 Å². The van der Waals surface area contributed by atoms with Crippen LogP contribution in [0, 0.1) is 6.92 Å². The molecule has 11 heteroatoms. The van der Waals surface area contributed by atoms with E-state index < -0.39 is 17.5 Å². The molecule has 1 N–H and O–H groups in total. The third kappa shape index (κ3) is 6.23. The van der Waals surface area contributed by atoms with Crippen molar-refractivity contribution in [3.8, 4) is 17.3 Å². The van der Waals surface area contributed by atoms with E-state index in [0.29, 0.717) is 34.4 Å². The Balaban J connectivity index is 1.75. The number of furan rings is 1. The summed E-state index contributed by atoms with van der Waals surface area (Å²) in [4.78, 5) is 31.0. The molecule has 0 aliphatic heterocycles. The number of aryl methyl sites for hydroxylation is 1. The summed E-state index contributed by atoms with van der Waals surface area (Å²) in [7, 11) is 0. The quantitative estimate of drug-likeness (QED) is 0.347. The Morgan fingerprint density at radius 1 is 1.16 bits per heavy atom.